The average molecular weight is 211 g/mol. The zero-order valence-corrected chi connectivity index (χ0v) is 8.56. The van der Waals surface area contributed by atoms with Gasteiger partial charge in [0.05, 0.1) is 17.6 Å². The number of H-pyrrole nitrogens is 1. The Bertz CT molecular complexity index is 464. The number of nitrogens with one attached hydrogen (secondary N) is 1. The first-order valence-electron chi connectivity index (χ1n) is 4.30. The summed E-state index contributed by atoms with van der Waals surface area (Å²) in [4.78, 5) is 3.17. The number of rotatable bonds is 2. The monoisotopic (exact) mass is 210 g/mol. The highest BCUT2D eigenvalue weighted by atomic mass is 35.5. The number of aromatic nitrogens is 1. The standard InChI is InChI=1S/C10H11ClN2O/c1-14-9-3-2-8(11)7-4-6(5-12)13-10(7)9/h2-4,13H,5,12H2,1H3. The number of ether oxygens (including phenoxy) is 1. The van der Waals surface area contributed by atoms with Crippen molar-refractivity contribution in [1.82, 2.24) is 4.98 Å². The van der Waals surface area contributed by atoms with Gasteiger partial charge in [0.25, 0.3) is 0 Å². The van der Waals surface area contributed by atoms with Crippen molar-refractivity contribution >= 4 is 22.5 Å². The second-order valence-corrected chi connectivity index (χ2v) is 3.44. The molecule has 2 aromatic rings. The fourth-order valence-corrected chi connectivity index (χ4v) is 1.71. The van der Waals surface area contributed by atoms with Gasteiger partial charge in [-0.1, -0.05) is 11.6 Å². The Labute approximate surface area is 86.8 Å². The van der Waals surface area contributed by atoms with Gasteiger partial charge in [-0.2, -0.15) is 0 Å². The van der Waals surface area contributed by atoms with Crippen LogP contribution < -0.4 is 10.5 Å². The number of hydrogen-bond donors (Lipinski definition) is 2. The van der Waals surface area contributed by atoms with E-state index in [-0.39, 0.29) is 0 Å². The van der Waals surface area contributed by atoms with Crippen LogP contribution in [0.5, 0.6) is 5.75 Å². The van der Waals surface area contributed by atoms with E-state index in [0.29, 0.717) is 11.6 Å². The van der Waals surface area contributed by atoms with Crippen LogP contribution in [-0.2, 0) is 6.54 Å². The minimum absolute atomic E-state index is 0.466. The van der Waals surface area contributed by atoms with Crippen LogP contribution in [0.15, 0.2) is 18.2 Å². The highest BCUT2D eigenvalue weighted by Gasteiger charge is 2.08. The SMILES string of the molecule is COc1ccc(Cl)c2cc(CN)[nH]c12. The van der Waals surface area contributed by atoms with E-state index in [4.69, 9.17) is 22.1 Å². The Balaban J connectivity index is 2.74. The first kappa shape index (κ1) is 9.37. The normalized spacial score (nSPS) is 10.8. The fourth-order valence-electron chi connectivity index (χ4n) is 1.50. The van der Waals surface area contributed by atoms with Crippen molar-refractivity contribution in [3.63, 3.8) is 0 Å². The Morgan fingerprint density at radius 2 is 2.29 bits per heavy atom. The third kappa shape index (κ3) is 1.35. The number of benzene rings is 1. The first-order chi connectivity index (χ1) is 6.76. The Morgan fingerprint density at radius 1 is 1.50 bits per heavy atom. The molecular weight excluding hydrogens is 200 g/mol. The maximum absolute atomic E-state index is 6.04. The number of nitrogens with two attached hydrogens (primary N) is 1. The molecule has 0 aliphatic carbocycles. The molecule has 0 saturated carbocycles. The van der Waals surface area contributed by atoms with Gasteiger partial charge >= 0.3 is 0 Å². The molecular formula is C10H11ClN2O. The lowest BCUT2D eigenvalue weighted by atomic mass is 10.2. The molecule has 0 aliphatic heterocycles. The van der Waals surface area contributed by atoms with Crippen molar-refractivity contribution in [2.45, 2.75) is 6.54 Å². The highest BCUT2D eigenvalue weighted by molar-refractivity contribution is 6.35. The molecule has 14 heavy (non-hydrogen) atoms. The molecule has 3 N–H and O–H groups in total. The quantitative estimate of drug-likeness (QED) is 0.799. The van der Waals surface area contributed by atoms with Crippen molar-refractivity contribution in [3.05, 3.63) is 28.9 Å². The van der Waals surface area contributed by atoms with Crippen molar-refractivity contribution in [2.75, 3.05) is 7.11 Å². The zero-order valence-electron chi connectivity index (χ0n) is 7.80. The second kappa shape index (κ2) is 3.52. The molecule has 1 aromatic carbocycles. The number of halogens is 1. The molecule has 0 unspecified atom stereocenters. The molecule has 0 spiro atoms. The summed E-state index contributed by atoms with van der Waals surface area (Å²) in [5, 5.41) is 1.66. The predicted octanol–water partition coefficient (Wildman–Crippen LogP) is 2.29. The largest absolute Gasteiger partial charge is 0.495 e. The maximum Gasteiger partial charge on any atom is 0.143 e. The summed E-state index contributed by atoms with van der Waals surface area (Å²) in [6, 6.07) is 5.60. The van der Waals surface area contributed by atoms with Crippen molar-refractivity contribution in [3.8, 4) is 5.75 Å². The van der Waals surface area contributed by atoms with Gasteiger partial charge < -0.3 is 15.5 Å². The molecule has 0 bridgehead atoms. The lowest BCUT2D eigenvalue weighted by Gasteiger charge is -2.01. The molecule has 74 valence electrons. The fraction of sp³-hybridized carbons (Fsp3) is 0.200. The van der Waals surface area contributed by atoms with Crippen LogP contribution in [0, 0.1) is 0 Å². The minimum Gasteiger partial charge on any atom is -0.495 e. The van der Waals surface area contributed by atoms with Gasteiger partial charge in [0.1, 0.15) is 5.75 Å². The van der Waals surface area contributed by atoms with Crippen LogP contribution in [0.3, 0.4) is 0 Å². The second-order valence-electron chi connectivity index (χ2n) is 3.04. The Morgan fingerprint density at radius 3 is 2.93 bits per heavy atom. The molecule has 4 heteroatoms. The molecule has 1 aromatic heterocycles. The van der Waals surface area contributed by atoms with E-state index in [9.17, 15) is 0 Å². The van der Waals surface area contributed by atoms with E-state index in [1.165, 1.54) is 0 Å². The molecule has 0 saturated heterocycles. The molecule has 0 amide bonds. The molecule has 3 nitrogen and oxygen atoms in total. The number of fused-ring (bicyclic) bond motifs is 1. The van der Waals surface area contributed by atoms with Crippen LogP contribution >= 0.6 is 11.6 Å². The van der Waals surface area contributed by atoms with E-state index < -0.39 is 0 Å². The topological polar surface area (TPSA) is 51.0 Å². The lowest BCUT2D eigenvalue weighted by Crippen LogP contribution is -1.95. The van der Waals surface area contributed by atoms with Crippen LogP contribution in [0.2, 0.25) is 5.02 Å². The molecule has 0 aliphatic rings. The summed E-state index contributed by atoms with van der Waals surface area (Å²) in [5.41, 5.74) is 7.39. The van der Waals surface area contributed by atoms with Crippen molar-refractivity contribution < 1.29 is 4.74 Å². The van der Waals surface area contributed by atoms with E-state index in [2.05, 4.69) is 4.98 Å². The summed E-state index contributed by atoms with van der Waals surface area (Å²) in [6.45, 7) is 0.466. The summed E-state index contributed by atoms with van der Waals surface area (Å²) in [6.07, 6.45) is 0. The third-order valence-corrected chi connectivity index (χ3v) is 2.53. The van der Waals surface area contributed by atoms with Gasteiger partial charge in [0.15, 0.2) is 0 Å². The summed E-state index contributed by atoms with van der Waals surface area (Å²) < 4.78 is 5.21. The Kier molecular flexibility index (Phi) is 2.35. The minimum atomic E-state index is 0.466. The summed E-state index contributed by atoms with van der Waals surface area (Å²) in [5.74, 6) is 0.782. The summed E-state index contributed by atoms with van der Waals surface area (Å²) in [7, 11) is 1.63. The van der Waals surface area contributed by atoms with E-state index in [1.54, 1.807) is 7.11 Å². The average Bonchev–Trinajstić information content (AvgIpc) is 2.63. The maximum atomic E-state index is 6.04. The molecule has 0 atom stereocenters. The van der Waals surface area contributed by atoms with E-state index >= 15 is 0 Å². The van der Waals surface area contributed by atoms with Crippen LogP contribution in [0.25, 0.3) is 10.9 Å². The molecule has 0 fully saturated rings. The zero-order chi connectivity index (χ0) is 10.1. The first-order valence-corrected chi connectivity index (χ1v) is 4.68. The van der Waals surface area contributed by atoms with Crippen LogP contribution in [0.4, 0.5) is 0 Å². The lowest BCUT2D eigenvalue weighted by molar-refractivity contribution is 0.419. The number of hydrogen-bond acceptors (Lipinski definition) is 2. The molecule has 2 rings (SSSR count). The number of aromatic amines is 1. The van der Waals surface area contributed by atoms with Crippen LogP contribution in [-0.4, -0.2) is 12.1 Å². The third-order valence-electron chi connectivity index (χ3n) is 2.20. The van der Waals surface area contributed by atoms with Crippen molar-refractivity contribution in [2.24, 2.45) is 5.73 Å². The van der Waals surface area contributed by atoms with Crippen LogP contribution in [0.1, 0.15) is 5.69 Å². The Hall–Kier alpha value is -1.19. The van der Waals surface area contributed by atoms with Gasteiger partial charge in [-0.15, -0.1) is 0 Å². The van der Waals surface area contributed by atoms with E-state index in [1.807, 2.05) is 18.2 Å². The molecule has 1 heterocycles. The smallest absolute Gasteiger partial charge is 0.143 e. The van der Waals surface area contributed by atoms with Gasteiger partial charge in [-0.3, -0.25) is 0 Å². The highest BCUT2D eigenvalue weighted by Crippen LogP contribution is 2.31. The molecule has 0 radical (unpaired) electrons. The summed E-state index contributed by atoms with van der Waals surface area (Å²) >= 11 is 6.04. The van der Waals surface area contributed by atoms with E-state index in [0.717, 1.165) is 22.3 Å². The van der Waals surface area contributed by atoms with Gasteiger partial charge in [-0.25, -0.2) is 0 Å². The van der Waals surface area contributed by atoms with Gasteiger partial charge in [0.2, 0.25) is 0 Å². The van der Waals surface area contributed by atoms with Gasteiger partial charge in [-0.05, 0) is 18.2 Å². The van der Waals surface area contributed by atoms with Gasteiger partial charge in [0, 0.05) is 17.6 Å². The predicted molar refractivity (Wildman–Crippen MR) is 57.8 cm³/mol. The number of methoxy groups -OCH3 is 1. The van der Waals surface area contributed by atoms with Crippen molar-refractivity contribution in [1.29, 1.82) is 0 Å².